The lowest BCUT2D eigenvalue weighted by Gasteiger charge is -2.21. The molecular weight excluding hydrogens is 248 g/mol. The summed E-state index contributed by atoms with van der Waals surface area (Å²) in [6, 6.07) is 7.19. The summed E-state index contributed by atoms with van der Waals surface area (Å²) in [5, 5.41) is 0. The number of nitrogen functional groups attached to an aromatic ring is 1. The van der Waals surface area contributed by atoms with Crippen LogP contribution in [0.15, 0.2) is 24.3 Å². The highest BCUT2D eigenvalue weighted by atomic mass is 35.5. The van der Waals surface area contributed by atoms with E-state index in [2.05, 4.69) is 0 Å². The molecule has 1 aromatic carbocycles. The monoisotopic (exact) mass is 268 g/mol. The van der Waals surface area contributed by atoms with Gasteiger partial charge in [-0.3, -0.25) is 4.79 Å². The second-order valence-electron chi connectivity index (χ2n) is 4.96. The molecule has 0 atom stereocenters. The van der Waals surface area contributed by atoms with Gasteiger partial charge in [-0.25, -0.2) is 0 Å². The average Bonchev–Trinajstić information content (AvgIpc) is 2.80. The van der Waals surface area contributed by atoms with Crippen LogP contribution in [0.1, 0.15) is 36.0 Å². The van der Waals surface area contributed by atoms with Crippen LogP contribution in [0, 0.1) is 5.92 Å². The zero-order valence-corrected chi connectivity index (χ0v) is 11.6. The van der Waals surface area contributed by atoms with E-state index in [1.54, 1.807) is 12.1 Å². The van der Waals surface area contributed by atoms with Gasteiger partial charge in [-0.05, 0) is 37.0 Å². The second kappa shape index (κ2) is 6.64. The highest BCUT2D eigenvalue weighted by Crippen LogP contribution is 2.25. The van der Waals surface area contributed by atoms with E-state index in [-0.39, 0.29) is 18.3 Å². The van der Waals surface area contributed by atoms with Crippen LogP contribution >= 0.6 is 12.4 Å². The Morgan fingerprint density at radius 3 is 2.67 bits per heavy atom. The molecule has 1 saturated carbocycles. The van der Waals surface area contributed by atoms with Crippen molar-refractivity contribution in [1.29, 1.82) is 0 Å². The van der Waals surface area contributed by atoms with Gasteiger partial charge in [-0.1, -0.05) is 18.9 Å². The van der Waals surface area contributed by atoms with Crippen LogP contribution in [-0.2, 0) is 0 Å². The van der Waals surface area contributed by atoms with E-state index >= 15 is 0 Å². The summed E-state index contributed by atoms with van der Waals surface area (Å²) in [5.41, 5.74) is 7.02. The first kappa shape index (κ1) is 14.8. The molecule has 4 heteroatoms. The van der Waals surface area contributed by atoms with E-state index in [4.69, 9.17) is 5.73 Å². The molecule has 0 aliphatic heterocycles. The molecule has 0 heterocycles. The summed E-state index contributed by atoms with van der Waals surface area (Å²) in [5.74, 6) is 0.759. The van der Waals surface area contributed by atoms with Gasteiger partial charge in [-0.15, -0.1) is 12.4 Å². The van der Waals surface area contributed by atoms with E-state index in [0.717, 1.165) is 6.54 Å². The van der Waals surface area contributed by atoms with Crippen molar-refractivity contribution in [3.8, 4) is 0 Å². The summed E-state index contributed by atoms with van der Waals surface area (Å²) >= 11 is 0. The zero-order valence-electron chi connectivity index (χ0n) is 10.8. The molecule has 2 N–H and O–H groups in total. The molecule has 0 aromatic heterocycles. The first-order valence-corrected chi connectivity index (χ1v) is 6.28. The maximum atomic E-state index is 12.2. The molecule has 1 amide bonds. The minimum Gasteiger partial charge on any atom is -0.399 e. The van der Waals surface area contributed by atoms with Crippen LogP contribution in [-0.4, -0.2) is 24.4 Å². The Hall–Kier alpha value is -1.22. The van der Waals surface area contributed by atoms with Crippen LogP contribution in [0.25, 0.3) is 0 Å². The van der Waals surface area contributed by atoms with Gasteiger partial charge in [0.1, 0.15) is 0 Å². The van der Waals surface area contributed by atoms with Crippen LogP contribution in [0.5, 0.6) is 0 Å². The second-order valence-corrected chi connectivity index (χ2v) is 4.96. The fraction of sp³-hybridized carbons (Fsp3) is 0.500. The van der Waals surface area contributed by atoms with Crippen molar-refractivity contribution < 1.29 is 4.79 Å². The molecule has 1 aromatic rings. The molecule has 0 spiro atoms. The number of hydrogen-bond donors (Lipinski definition) is 1. The molecule has 1 aliphatic carbocycles. The number of amides is 1. The van der Waals surface area contributed by atoms with E-state index < -0.39 is 0 Å². The topological polar surface area (TPSA) is 46.3 Å². The Morgan fingerprint density at radius 1 is 1.39 bits per heavy atom. The summed E-state index contributed by atoms with van der Waals surface area (Å²) in [6.07, 6.45) is 5.14. The van der Waals surface area contributed by atoms with Gasteiger partial charge in [0.2, 0.25) is 0 Å². The summed E-state index contributed by atoms with van der Waals surface area (Å²) in [7, 11) is 1.88. The number of nitrogens with zero attached hydrogens (tertiary/aromatic N) is 1. The lowest BCUT2D eigenvalue weighted by molar-refractivity contribution is 0.0773. The summed E-state index contributed by atoms with van der Waals surface area (Å²) in [4.78, 5) is 14.0. The van der Waals surface area contributed by atoms with Crippen molar-refractivity contribution in [2.24, 2.45) is 5.92 Å². The maximum Gasteiger partial charge on any atom is 0.253 e. The van der Waals surface area contributed by atoms with Crippen molar-refractivity contribution in [2.75, 3.05) is 19.3 Å². The molecule has 1 aliphatic rings. The maximum absolute atomic E-state index is 12.2. The standard InChI is InChI=1S/C14H20N2O.ClH/c1-16(10-11-5-2-3-6-11)14(17)12-7-4-8-13(15)9-12;/h4,7-9,11H,2-3,5-6,10,15H2,1H3;1H. The number of rotatable bonds is 3. The highest BCUT2D eigenvalue weighted by molar-refractivity contribution is 5.94. The van der Waals surface area contributed by atoms with Crippen molar-refractivity contribution >= 4 is 24.0 Å². The molecule has 0 unspecified atom stereocenters. The number of carbonyl (C=O) groups excluding carboxylic acids is 1. The predicted molar refractivity (Wildman–Crippen MR) is 77.0 cm³/mol. The van der Waals surface area contributed by atoms with Crippen molar-refractivity contribution in [2.45, 2.75) is 25.7 Å². The molecule has 0 bridgehead atoms. The summed E-state index contributed by atoms with van der Waals surface area (Å²) in [6.45, 7) is 0.869. The Labute approximate surface area is 115 Å². The van der Waals surface area contributed by atoms with Crippen molar-refractivity contribution in [1.82, 2.24) is 4.90 Å². The Morgan fingerprint density at radius 2 is 2.06 bits per heavy atom. The van der Waals surface area contributed by atoms with Gasteiger partial charge < -0.3 is 10.6 Å². The van der Waals surface area contributed by atoms with Gasteiger partial charge in [-0.2, -0.15) is 0 Å². The minimum absolute atomic E-state index is 0. The zero-order chi connectivity index (χ0) is 12.3. The number of anilines is 1. The van der Waals surface area contributed by atoms with Crippen molar-refractivity contribution in [3.05, 3.63) is 29.8 Å². The normalized spacial score (nSPS) is 15.2. The quantitative estimate of drug-likeness (QED) is 0.857. The first-order valence-electron chi connectivity index (χ1n) is 6.28. The van der Waals surface area contributed by atoms with Crippen LogP contribution in [0.4, 0.5) is 5.69 Å². The number of carbonyl (C=O) groups is 1. The third-order valence-electron chi connectivity index (χ3n) is 3.49. The Kier molecular flexibility index (Phi) is 5.48. The fourth-order valence-corrected chi connectivity index (χ4v) is 2.56. The molecule has 0 radical (unpaired) electrons. The van der Waals surface area contributed by atoms with Gasteiger partial charge in [0.15, 0.2) is 0 Å². The third kappa shape index (κ3) is 3.64. The fourth-order valence-electron chi connectivity index (χ4n) is 2.56. The lowest BCUT2D eigenvalue weighted by Crippen LogP contribution is -2.31. The van der Waals surface area contributed by atoms with E-state index in [9.17, 15) is 4.79 Å². The number of nitrogens with two attached hydrogens (primary N) is 1. The van der Waals surface area contributed by atoms with Gasteiger partial charge in [0, 0.05) is 24.8 Å². The Balaban J connectivity index is 0.00000162. The first-order chi connectivity index (χ1) is 8.16. The largest absolute Gasteiger partial charge is 0.399 e. The van der Waals surface area contributed by atoms with E-state index in [1.807, 2.05) is 24.1 Å². The molecule has 18 heavy (non-hydrogen) atoms. The predicted octanol–water partition coefficient (Wildman–Crippen LogP) is 2.95. The van der Waals surface area contributed by atoms with Crippen molar-refractivity contribution in [3.63, 3.8) is 0 Å². The SMILES string of the molecule is CN(CC1CCCC1)C(=O)c1cccc(N)c1.Cl. The molecule has 2 rings (SSSR count). The number of halogens is 1. The van der Waals surface area contributed by atoms with E-state index in [0.29, 0.717) is 17.2 Å². The van der Waals surface area contributed by atoms with Crippen LogP contribution in [0.2, 0.25) is 0 Å². The third-order valence-corrected chi connectivity index (χ3v) is 3.49. The van der Waals surface area contributed by atoms with Crippen LogP contribution < -0.4 is 5.73 Å². The minimum atomic E-state index is 0. The lowest BCUT2D eigenvalue weighted by atomic mass is 10.1. The number of hydrogen-bond acceptors (Lipinski definition) is 2. The molecule has 100 valence electrons. The van der Waals surface area contributed by atoms with E-state index in [1.165, 1.54) is 25.7 Å². The smallest absolute Gasteiger partial charge is 0.253 e. The summed E-state index contributed by atoms with van der Waals surface area (Å²) < 4.78 is 0. The Bertz CT molecular complexity index is 403. The molecule has 3 nitrogen and oxygen atoms in total. The highest BCUT2D eigenvalue weighted by Gasteiger charge is 2.20. The van der Waals surface area contributed by atoms with Crippen LogP contribution in [0.3, 0.4) is 0 Å². The average molecular weight is 269 g/mol. The molecule has 0 saturated heterocycles. The molecule has 1 fully saturated rings. The van der Waals surface area contributed by atoms with Gasteiger partial charge >= 0.3 is 0 Å². The van der Waals surface area contributed by atoms with Gasteiger partial charge in [0.25, 0.3) is 5.91 Å². The van der Waals surface area contributed by atoms with Gasteiger partial charge in [0.05, 0.1) is 0 Å². The number of benzene rings is 1. The molecular formula is C14H21ClN2O.